The van der Waals surface area contributed by atoms with E-state index >= 15 is 0 Å². The third-order valence-corrected chi connectivity index (χ3v) is 3.15. The van der Waals surface area contributed by atoms with E-state index < -0.39 is 0 Å². The van der Waals surface area contributed by atoms with Crippen molar-refractivity contribution in [1.82, 2.24) is 5.32 Å². The molecule has 0 radical (unpaired) electrons. The van der Waals surface area contributed by atoms with Gasteiger partial charge in [0.2, 0.25) is 0 Å². The normalized spacial score (nSPS) is 19.4. The molecule has 0 fully saturated rings. The molecule has 1 atom stereocenters. The fourth-order valence-corrected chi connectivity index (χ4v) is 2.23. The molecule has 0 saturated carbocycles. The predicted molar refractivity (Wildman–Crippen MR) is 66.5 cm³/mol. The Morgan fingerprint density at radius 2 is 2.12 bits per heavy atom. The highest BCUT2D eigenvalue weighted by atomic mass is 16.5. The smallest absolute Gasteiger partial charge is 0.0969 e. The summed E-state index contributed by atoms with van der Waals surface area (Å²) in [6.07, 6.45) is 4.96. The summed E-state index contributed by atoms with van der Waals surface area (Å²) < 4.78 is 5.83. The van der Waals surface area contributed by atoms with Gasteiger partial charge < -0.3 is 4.74 Å². The first-order valence-electron chi connectivity index (χ1n) is 6.29. The highest BCUT2D eigenvalue weighted by Gasteiger charge is 2.18. The van der Waals surface area contributed by atoms with Crippen LogP contribution in [0.4, 0.5) is 0 Å². The summed E-state index contributed by atoms with van der Waals surface area (Å²) in [6, 6.07) is 8.71. The molecule has 1 aliphatic rings. The van der Waals surface area contributed by atoms with Crippen molar-refractivity contribution in [3.05, 3.63) is 35.4 Å². The minimum Gasteiger partial charge on any atom is -0.363 e. The summed E-state index contributed by atoms with van der Waals surface area (Å²) in [5.41, 5.74) is 2.97. The van der Waals surface area contributed by atoms with Gasteiger partial charge in [-0.2, -0.15) is 0 Å². The molecule has 0 amide bonds. The largest absolute Gasteiger partial charge is 0.363 e. The maximum atomic E-state index is 5.83. The SMILES string of the molecule is CCCNCOC1CCc2ccccc2C1. The summed E-state index contributed by atoms with van der Waals surface area (Å²) in [6.45, 7) is 3.91. The molecule has 16 heavy (non-hydrogen) atoms. The van der Waals surface area contributed by atoms with E-state index in [2.05, 4.69) is 36.5 Å². The van der Waals surface area contributed by atoms with Crippen LogP contribution < -0.4 is 5.32 Å². The van der Waals surface area contributed by atoms with Crippen molar-refractivity contribution in [2.24, 2.45) is 0 Å². The van der Waals surface area contributed by atoms with Crippen LogP contribution >= 0.6 is 0 Å². The van der Waals surface area contributed by atoms with E-state index in [9.17, 15) is 0 Å². The quantitative estimate of drug-likeness (QED) is 0.607. The van der Waals surface area contributed by atoms with Crippen molar-refractivity contribution in [2.75, 3.05) is 13.3 Å². The number of fused-ring (bicyclic) bond motifs is 1. The van der Waals surface area contributed by atoms with Gasteiger partial charge in [0.1, 0.15) is 0 Å². The molecule has 0 heterocycles. The summed E-state index contributed by atoms with van der Waals surface area (Å²) in [4.78, 5) is 0. The van der Waals surface area contributed by atoms with Crippen LogP contribution in [0.3, 0.4) is 0 Å². The number of rotatable bonds is 5. The zero-order valence-electron chi connectivity index (χ0n) is 10.0. The van der Waals surface area contributed by atoms with Gasteiger partial charge in [0, 0.05) is 0 Å². The molecule has 1 unspecified atom stereocenters. The first-order chi connectivity index (χ1) is 7.90. The molecule has 0 bridgehead atoms. The van der Waals surface area contributed by atoms with E-state index in [1.807, 2.05) is 0 Å². The number of aryl methyl sites for hydroxylation is 1. The van der Waals surface area contributed by atoms with E-state index in [1.165, 1.54) is 11.1 Å². The molecule has 1 aliphatic carbocycles. The summed E-state index contributed by atoms with van der Waals surface area (Å²) in [5.74, 6) is 0. The van der Waals surface area contributed by atoms with Gasteiger partial charge in [-0.15, -0.1) is 0 Å². The zero-order chi connectivity index (χ0) is 11.2. The Morgan fingerprint density at radius 3 is 2.94 bits per heavy atom. The maximum absolute atomic E-state index is 5.83. The minimum absolute atomic E-state index is 0.402. The molecule has 0 spiro atoms. The van der Waals surface area contributed by atoms with Gasteiger partial charge in [0.15, 0.2) is 0 Å². The van der Waals surface area contributed by atoms with Crippen molar-refractivity contribution in [3.8, 4) is 0 Å². The van der Waals surface area contributed by atoms with Gasteiger partial charge in [-0.05, 0) is 43.4 Å². The number of hydrogen-bond donors (Lipinski definition) is 1. The Kier molecular flexibility index (Phi) is 4.37. The van der Waals surface area contributed by atoms with Crippen LogP contribution in [0, 0.1) is 0 Å². The molecule has 2 rings (SSSR count). The van der Waals surface area contributed by atoms with E-state index in [0.717, 1.165) is 32.2 Å². The molecular weight excluding hydrogens is 198 g/mol. The van der Waals surface area contributed by atoms with Crippen LogP contribution in [0.15, 0.2) is 24.3 Å². The van der Waals surface area contributed by atoms with Gasteiger partial charge in [0.05, 0.1) is 12.8 Å². The highest BCUT2D eigenvalue weighted by molar-refractivity contribution is 5.29. The Bertz CT molecular complexity index is 324. The lowest BCUT2D eigenvalue weighted by Gasteiger charge is -2.24. The lowest BCUT2D eigenvalue weighted by Crippen LogP contribution is -2.28. The molecule has 2 heteroatoms. The van der Waals surface area contributed by atoms with Crippen LogP contribution in [-0.4, -0.2) is 19.4 Å². The summed E-state index contributed by atoms with van der Waals surface area (Å²) >= 11 is 0. The standard InChI is InChI=1S/C14H21NO/c1-2-9-15-11-16-14-8-7-12-5-3-4-6-13(12)10-14/h3-6,14-15H,2,7-11H2,1H3. The van der Waals surface area contributed by atoms with Crippen molar-refractivity contribution >= 4 is 0 Å². The topological polar surface area (TPSA) is 21.3 Å². The van der Waals surface area contributed by atoms with Crippen LogP contribution in [0.25, 0.3) is 0 Å². The molecule has 88 valence electrons. The van der Waals surface area contributed by atoms with Crippen molar-refractivity contribution in [3.63, 3.8) is 0 Å². The fraction of sp³-hybridized carbons (Fsp3) is 0.571. The van der Waals surface area contributed by atoms with Gasteiger partial charge in [-0.1, -0.05) is 31.2 Å². The van der Waals surface area contributed by atoms with E-state index in [1.54, 1.807) is 0 Å². The second-order valence-electron chi connectivity index (χ2n) is 4.44. The van der Waals surface area contributed by atoms with Crippen LogP contribution in [0.2, 0.25) is 0 Å². The number of ether oxygens (including phenoxy) is 1. The van der Waals surface area contributed by atoms with Crippen molar-refractivity contribution in [1.29, 1.82) is 0 Å². The van der Waals surface area contributed by atoms with Crippen LogP contribution in [0.1, 0.15) is 30.9 Å². The molecule has 0 saturated heterocycles. The number of benzene rings is 1. The van der Waals surface area contributed by atoms with Gasteiger partial charge >= 0.3 is 0 Å². The van der Waals surface area contributed by atoms with Gasteiger partial charge in [0.25, 0.3) is 0 Å². The molecule has 2 nitrogen and oxygen atoms in total. The van der Waals surface area contributed by atoms with Gasteiger partial charge in [-0.25, -0.2) is 0 Å². The minimum atomic E-state index is 0.402. The first kappa shape index (κ1) is 11.6. The molecule has 1 N–H and O–H groups in total. The zero-order valence-corrected chi connectivity index (χ0v) is 10.0. The number of nitrogens with one attached hydrogen (secondary N) is 1. The monoisotopic (exact) mass is 219 g/mol. The Labute approximate surface area is 98.0 Å². The Balaban J connectivity index is 1.79. The van der Waals surface area contributed by atoms with E-state index in [0.29, 0.717) is 12.8 Å². The van der Waals surface area contributed by atoms with Crippen molar-refractivity contribution in [2.45, 2.75) is 38.7 Å². The molecule has 1 aromatic carbocycles. The second kappa shape index (κ2) is 6.02. The average Bonchev–Trinajstić information content (AvgIpc) is 2.34. The molecule has 0 aromatic heterocycles. The summed E-state index contributed by atoms with van der Waals surface area (Å²) in [7, 11) is 0. The molecular formula is C14H21NO. The van der Waals surface area contributed by atoms with E-state index in [4.69, 9.17) is 4.74 Å². The first-order valence-corrected chi connectivity index (χ1v) is 6.29. The third-order valence-electron chi connectivity index (χ3n) is 3.15. The number of hydrogen-bond acceptors (Lipinski definition) is 2. The Morgan fingerprint density at radius 1 is 1.31 bits per heavy atom. The third kappa shape index (κ3) is 3.06. The second-order valence-corrected chi connectivity index (χ2v) is 4.44. The highest BCUT2D eigenvalue weighted by Crippen LogP contribution is 2.22. The van der Waals surface area contributed by atoms with Crippen LogP contribution in [0.5, 0.6) is 0 Å². The average molecular weight is 219 g/mol. The summed E-state index contributed by atoms with van der Waals surface area (Å²) in [5, 5.41) is 3.28. The van der Waals surface area contributed by atoms with Crippen molar-refractivity contribution < 1.29 is 4.74 Å². The van der Waals surface area contributed by atoms with E-state index in [-0.39, 0.29) is 0 Å². The predicted octanol–water partition coefficient (Wildman–Crippen LogP) is 2.52. The van der Waals surface area contributed by atoms with Gasteiger partial charge in [-0.3, -0.25) is 5.32 Å². The lowest BCUT2D eigenvalue weighted by atomic mass is 9.90. The molecule has 1 aromatic rings. The maximum Gasteiger partial charge on any atom is 0.0969 e. The van der Waals surface area contributed by atoms with Crippen LogP contribution in [-0.2, 0) is 17.6 Å². The Hall–Kier alpha value is -0.860. The lowest BCUT2D eigenvalue weighted by molar-refractivity contribution is 0.0324. The fourth-order valence-electron chi connectivity index (χ4n) is 2.23. The molecule has 0 aliphatic heterocycles.